The highest BCUT2D eigenvalue weighted by Gasteiger charge is 2.23. The highest BCUT2D eigenvalue weighted by Crippen LogP contribution is 2.04. The summed E-state index contributed by atoms with van der Waals surface area (Å²) in [5, 5.41) is 0. The molecule has 0 rings (SSSR count). The highest BCUT2D eigenvalue weighted by atomic mass is 28.3. The molecule has 0 aliphatic carbocycles. The van der Waals surface area contributed by atoms with Crippen LogP contribution in [0.5, 0.6) is 0 Å². The molecule has 0 aliphatic heterocycles. The van der Waals surface area contributed by atoms with Crippen molar-refractivity contribution in [1.29, 1.82) is 0 Å². The molecule has 6 nitrogen and oxygen atoms in total. The van der Waals surface area contributed by atoms with Gasteiger partial charge in [-0.1, -0.05) is 25.6 Å². The molecule has 0 fully saturated rings. The van der Waals surface area contributed by atoms with Crippen LogP contribution in [0.1, 0.15) is 13.8 Å². The Labute approximate surface area is 138 Å². The minimum Gasteiger partial charge on any atom is -0.462 e. The van der Waals surface area contributed by atoms with Crippen molar-refractivity contribution in [3.8, 4) is 11.5 Å². The van der Waals surface area contributed by atoms with Crippen LogP contribution in [0.4, 0.5) is 0 Å². The number of rotatable bonds is 6. The first-order valence-corrected chi connectivity index (χ1v) is 10.9. The van der Waals surface area contributed by atoms with Crippen molar-refractivity contribution in [1.82, 2.24) is 4.90 Å². The summed E-state index contributed by atoms with van der Waals surface area (Å²) in [4.78, 5) is 37.0. The SMILES string of the molecule is CCOC(=O)C(=CC(=O)N(C)CC#C[Si](C)(C)C)C(=O)OCC. The second kappa shape index (κ2) is 9.85. The Hall–Kier alpha value is -2.07. The van der Waals surface area contributed by atoms with Gasteiger partial charge in [-0.25, -0.2) is 9.59 Å². The zero-order valence-electron chi connectivity index (χ0n) is 14.7. The van der Waals surface area contributed by atoms with E-state index in [0.29, 0.717) is 0 Å². The normalized spacial score (nSPS) is 10.0. The molecule has 0 N–H and O–H groups in total. The molecule has 0 aromatic heterocycles. The maximum atomic E-state index is 12.1. The van der Waals surface area contributed by atoms with E-state index in [1.165, 1.54) is 4.90 Å². The molecule has 7 heteroatoms. The number of hydrogen-bond donors (Lipinski definition) is 0. The average molecular weight is 339 g/mol. The van der Waals surface area contributed by atoms with Gasteiger partial charge < -0.3 is 14.4 Å². The molecule has 1 amide bonds. The van der Waals surface area contributed by atoms with E-state index < -0.39 is 31.5 Å². The molecule has 128 valence electrons. The third-order valence-electron chi connectivity index (χ3n) is 2.41. The van der Waals surface area contributed by atoms with Crippen molar-refractivity contribution in [2.24, 2.45) is 0 Å². The van der Waals surface area contributed by atoms with E-state index in [2.05, 4.69) is 31.1 Å². The van der Waals surface area contributed by atoms with Gasteiger partial charge in [-0.05, 0) is 13.8 Å². The van der Waals surface area contributed by atoms with Gasteiger partial charge in [0, 0.05) is 13.1 Å². The van der Waals surface area contributed by atoms with Gasteiger partial charge in [0.1, 0.15) is 13.6 Å². The lowest BCUT2D eigenvalue weighted by Gasteiger charge is -2.13. The molecule has 0 bridgehead atoms. The second-order valence-corrected chi connectivity index (χ2v) is 10.5. The predicted molar refractivity (Wildman–Crippen MR) is 90.1 cm³/mol. The van der Waals surface area contributed by atoms with E-state index in [9.17, 15) is 14.4 Å². The molecule has 0 radical (unpaired) electrons. The third-order valence-corrected chi connectivity index (χ3v) is 3.34. The number of ether oxygens (including phenoxy) is 2. The Morgan fingerprint density at radius 1 is 1.04 bits per heavy atom. The first-order valence-electron chi connectivity index (χ1n) is 7.43. The van der Waals surface area contributed by atoms with E-state index in [4.69, 9.17) is 9.47 Å². The molecule has 0 spiro atoms. The number of nitrogens with zero attached hydrogens (tertiary/aromatic N) is 1. The average Bonchev–Trinajstić information content (AvgIpc) is 2.43. The van der Waals surface area contributed by atoms with Crippen LogP contribution in [0.15, 0.2) is 11.6 Å². The molecule has 0 saturated carbocycles. The standard InChI is InChI=1S/C16H25NO5Si/c1-7-21-15(19)13(16(20)22-8-2)12-14(18)17(3)10-9-11-23(4,5)6/h12H,7-8,10H2,1-6H3. The molecular formula is C16H25NO5Si. The third kappa shape index (κ3) is 8.83. The van der Waals surface area contributed by atoms with Crippen molar-refractivity contribution in [2.45, 2.75) is 33.5 Å². The summed E-state index contributed by atoms with van der Waals surface area (Å²) in [6, 6.07) is 0. The fourth-order valence-electron chi connectivity index (χ4n) is 1.35. The van der Waals surface area contributed by atoms with E-state index in [1.54, 1.807) is 20.9 Å². The maximum Gasteiger partial charge on any atom is 0.345 e. The van der Waals surface area contributed by atoms with Crippen LogP contribution in [0.2, 0.25) is 19.6 Å². The van der Waals surface area contributed by atoms with Gasteiger partial charge in [0.25, 0.3) is 0 Å². The quantitative estimate of drug-likeness (QED) is 0.183. The number of hydrogen-bond acceptors (Lipinski definition) is 5. The van der Waals surface area contributed by atoms with Crippen LogP contribution in [-0.2, 0) is 23.9 Å². The summed E-state index contributed by atoms with van der Waals surface area (Å²) >= 11 is 0. The van der Waals surface area contributed by atoms with Crippen LogP contribution < -0.4 is 0 Å². The van der Waals surface area contributed by atoms with Crippen LogP contribution in [0, 0.1) is 11.5 Å². The lowest BCUT2D eigenvalue weighted by molar-refractivity contribution is -0.147. The maximum absolute atomic E-state index is 12.1. The summed E-state index contributed by atoms with van der Waals surface area (Å²) in [7, 11) is 0.0365. The summed E-state index contributed by atoms with van der Waals surface area (Å²) < 4.78 is 9.55. The van der Waals surface area contributed by atoms with Crippen molar-refractivity contribution >= 4 is 25.9 Å². The van der Waals surface area contributed by atoms with E-state index in [1.807, 2.05) is 0 Å². The Morgan fingerprint density at radius 3 is 1.91 bits per heavy atom. The fourth-order valence-corrected chi connectivity index (χ4v) is 1.96. The largest absolute Gasteiger partial charge is 0.462 e. The Morgan fingerprint density at radius 2 is 1.52 bits per heavy atom. The van der Waals surface area contributed by atoms with Gasteiger partial charge in [-0.15, -0.1) is 5.54 Å². The molecule has 0 saturated heterocycles. The minimum atomic E-state index is -1.51. The molecule has 0 heterocycles. The van der Waals surface area contributed by atoms with Gasteiger partial charge >= 0.3 is 11.9 Å². The topological polar surface area (TPSA) is 72.9 Å². The summed E-state index contributed by atoms with van der Waals surface area (Å²) in [5.41, 5.74) is 2.72. The summed E-state index contributed by atoms with van der Waals surface area (Å²) in [5.74, 6) is 0.687. The minimum absolute atomic E-state index is 0.0985. The molecule has 0 aromatic carbocycles. The fraction of sp³-hybridized carbons (Fsp3) is 0.562. The first kappa shape index (κ1) is 20.9. The molecule has 0 atom stereocenters. The zero-order chi connectivity index (χ0) is 18.0. The van der Waals surface area contributed by atoms with E-state index >= 15 is 0 Å². The van der Waals surface area contributed by atoms with E-state index in [-0.39, 0.29) is 19.8 Å². The van der Waals surface area contributed by atoms with Gasteiger partial charge in [0.2, 0.25) is 5.91 Å². The van der Waals surface area contributed by atoms with Gasteiger partial charge in [0.15, 0.2) is 0 Å². The zero-order valence-corrected chi connectivity index (χ0v) is 15.7. The van der Waals surface area contributed by atoms with Crippen molar-refractivity contribution < 1.29 is 23.9 Å². The summed E-state index contributed by atoms with van der Waals surface area (Å²) in [6.45, 7) is 9.94. The first-order chi connectivity index (χ1) is 10.6. The van der Waals surface area contributed by atoms with Crippen LogP contribution in [0.3, 0.4) is 0 Å². The van der Waals surface area contributed by atoms with Crippen LogP contribution in [-0.4, -0.2) is 57.6 Å². The highest BCUT2D eigenvalue weighted by molar-refractivity contribution is 6.83. The Bertz CT molecular complexity index is 517. The van der Waals surface area contributed by atoms with Crippen molar-refractivity contribution in [3.63, 3.8) is 0 Å². The smallest absolute Gasteiger partial charge is 0.345 e. The van der Waals surface area contributed by atoms with Crippen LogP contribution in [0.25, 0.3) is 0 Å². The lowest BCUT2D eigenvalue weighted by Crippen LogP contribution is -2.28. The van der Waals surface area contributed by atoms with Crippen molar-refractivity contribution in [3.05, 3.63) is 11.6 Å². The number of amides is 1. The second-order valence-electron chi connectivity index (χ2n) is 5.75. The van der Waals surface area contributed by atoms with Crippen LogP contribution >= 0.6 is 0 Å². The number of carbonyl (C=O) groups excluding carboxylic acids is 3. The molecule has 23 heavy (non-hydrogen) atoms. The Balaban J connectivity index is 5.14. The summed E-state index contributed by atoms with van der Waals surface area (Å²) in [6.07, 6.45) is 0.937. The Kier molecular flexibility index (Phi) is 8.96. The monoisotopic (exact) mass is 339 g/mol. The number of esters is 2. The molecule has 0 unspecified atom stereocenters. The van der Waals surface area contributed by atoms with Gasteiger partial charge in [-0.3, -0.25) is 4.79 Å². The number of carbonyl (C=O) groups is 3. The predicted octanol–water partition coefficient (Wildman–Crippen LogP) is 1.38. The van der Waals surface area contributed by atoms with E-state index in [0.717, 1.165) is 6.08 Å². The number of likely N-dealkylation sites (N-methyl/N-ethyl adjacent to an activating group) is 1. The van der Waals surface area contributed by atoms with Gasteiger partial charge in [-0.2, -0.15) is 0 Å². The molecule has 0 aromatic rings. The molecular weight excluding hydrogens is 314 g/mol. The molecule has 0 aliphatic rings. The van der Waals surface area contributed by atoms with Gasteiger partial charge in [0.05, 0.1) is 19.8 Å². The lowest BCUT2D eigenvalue weighted by atomic mass is 10.2. The van der Waals surface area contributed by atoms with Crippen molar-refractivity contribution in [2.75, 3.05) is 26.8 Å².